The Bertz CT molecular complexity index is 947. The molecule has 3 aromatic rings. The average molecular weight is 377 g/mol. The summed E-state index contributed by atoms with van der Waals surface area (Å²) in [4.78, 5) is 16.7. The van der Waals surface area contributed by atoms with E-state index in [4.69, 9.17) is 0 Å². The van der Waals surface area contributed by atoms with Gasteiger partial charge in [-0.15, -0.1) is 0 Å². The first kappa shape index (κ1) is 14.8. The molecule has 0 bridgehead atoms. The van der Waals surface area contributed by atoms with Crippen LogP contribution in [0.1, 0.15) is 5.56 Å². The van der Waals surface area contributed by atoms with Crippen LogP contribution in [0.25, 0.3) is 11.1 Å². The standard InChI is InChI=1S/C20H13BrN2O/c21-15-8-11-18-17(12-15)19(20(24)23-18)22-16-9-6-14(7-10-16)13-4-2-1-3-5-13/h1-12H,(H,22,23,24). The Kier molecular flexibility index (Phi) is 3.75. The zero-order chi connectivity index (χ0) is 16.5. The third-order valence-corrected chi connectivity index (χ3v) is 4.41. The third-order valence-electron chi connectivity index (χ3n) is 3.92. The Morgan fingerprint density at radius 3 is 2.29 bits per heavy atom. The van der Waals surface area contributed by atoms with Crippen molar-refractivity contribution in [1.29, 1.82) is 0 Å². The molecule has 0 aliphatic carbocycles. The summed E-state index contributed by atoms with van der Waals surface area (Å²) in [5, 5.41) is 2.84. The second-order valence-electron chi connectivity index (χ2n) is 5.52. The number of nitrogens with zero attached hydrogens (tertiary/aromatic N) is 1. The molecule has 1 aliphatic rings. The van der Waals surface area contributed by atoms with Crippen LogP contribution in [0, 0.1) is 0 Å². The molecule has 4 rings (SSSR count). The summed E-state index contributed by atoms with van der Waals surface area (Å²) in [5.74, 6) is -0.171. The molecule has 0 aromatic heterocycles. The molecule has 0 spiro atoms. The maximum atomic E-state index is 12.2. The first-order valence-corrected chi connectivity index (χ1v) is 8.35. The Hall–Kier alpha value is -2.72. The summed E-state index contributed by atoms with van der Waals surface area (Å²) in [6, 6.07) is 23.7. The van der Waals surface area contributed by atoms with Crippen molar-refractivity contribution in [3.8, 4) is 11.1 Å². The van der Waals surface area contributed by atoms with Gasteiger partial charge in [0.25, 0.3) is 5.91 Å². The smallest absolute Gasteiger partial charge is 0.275 e. The van der Waals surface area contributed by atoms with Crippen molar-refractivity contribution in [3.63, 3.8) is 0 Å². The number of aliphatic imine (C=N–C) groups is 1. The highest BCUT2D eigenvalue weighted by Crippen LogP contribution is 2.29. The number of carbonyl (C=O) groups is 1. The summed E-state index contributed by atoms with van der Waals surface area (Å²) in [6.07, 6.45) is 0. The maximum Gasteiger partial charge on any atom is 0.275 e. The van der Waals surface area contributed by atoms with Crippen molar-refractivity contribution in [2.24, 2.45) is 4.99 Å². The van der Waals surface area contributed by atoms with Crippen molar-refractivity contribution in [1.82, 2.24) is 0 Å². The van der Waals surface area contributed by atoms with Gasteiger partial charge in [0.15, 0.2) is 0 Å². The van der Waals surface area contributed by atoms with E-state index in [1.807, 2.05) is 60.7 Å². The first-order chi connectivity index (χ1) is 11.7. The fourth-order valence-electron chi connectivity index (χ4n) is 2.72. The van der Waals surface area contributed by atoms with E-state index in [1.165, 1.54) is 0 Å². The van der Waals surface area contributed by atoms with Crippen molar-refractivity contribution in [3.05, 3.63) is 82.8 Å². The van der Waals surface area contributed by atoms with Gasteiger partial charge < -0.3 is 5.32 Å². The molecule has 1 N–H and O–H groups in total. The van der Waals surface area contributed by atoms with Crippen molar-refractivity contribution in [2.45, 2.75) is 0 Å². The zero-order valence-electron chi connectivity index (χ0n) is 12.7. The Morgan fingerprint density at radius 1 is 0.833 bits per heavy atom. The molecule has 1 amide bonds. The zero-order valence-corrected chi connectivity index (χ0v) is 14.2. The van der Waals surface area contributed by atoms with Crippen molar-refractivity contribution in [2.75, 3.05) is 5.32 Å². The highest BCUT2D eigenvalue weighted by atomic mass is 79.9. The van der Waals surface area contributed by atoms with Gasteiger partial charge in [-0.05, 0) is 41.5 Å². The number of halogens is 1. The fourth-order valence-corrected chi connectivity index (χ4v) is 3.09. The highest BCUT2D eigenvalue weighted by molar-refractivity contribution is 9.10. The largest absolute Gasteiger partial charge is 0.320 e. The summed E-state index contributed by atoms with van der Waals surface area (Å²) >= 11 is 3.44. The van der Waals surface area contributed by atoms with Crippen LogP contribution in [0.2, 0.25) is 0 Å². The second-order valence-corrected chi connectivity index (χ2v) is 6.43. The van der Waals surface area contributed by atoms with E-state index < -0.39 is 0 Å². The number of hydrogen-bond donors (Lipinski definition) is 1. The lowest BCUT2D eigenvalue weighted by Crippen LogP contribution is -2.13. The molecule has 3 nitrogen and oxygen atoms in total. The molecular weight excluding hydrogens is 364 g/mol. The van der Waals surface area contributed by atoms with Gasteiger partial charge in [0, 0.05) is 10.0 Å². The van der Waals surface area contributed by atoms with Crippen LogP contribution in [0.5, 0.6) is 0 Å². The minimum absolute atomic E-state index is 0.171. The number of nitrogens with one attached hydrogen (secondary N) is 1. The minimum atomic E-state index is -0.171. The molecule has 0 radical (unpaired) electrons. The molecule has 0 saturated heterocycles. The van der Waals surface area contributed by atoms with Gasteiger partial charge in [-0.1, -0.05) is 58.4 Å². The Balaban J connectivity index is 1.70. The molecule has 0 unspecified atom stereocenters. The molecule has 3 aromatic carbocycles. The summed E-state index contributed by atoms with van der Waals surface area (Å²) in [7, 11) is 0. The monoisotopic (exact) mass is 376 g/mol. The van der Waals surface area contributed by atoms with Gasteiger partial charge in [-0.2, -0.15) is 0 Å². The van der Waals surface area contributed by atoms with Gasteiger partial charge in [-0.25, -0.2) is 4.99 Å². The van der Waals surface area contributed by atoms with Gasteiger partial charge in [-0.3, -0.25) is 4.79 Å². The molecule has 1 heterocycles. The number of benzene rings is 3. The van der Waals surface area contributed by atoms with Crippen LogP contribution in [-0.4, -0.2) is 11.6 Å². The first-order valence-electron chi connectivity index (χ1n) is 7.56. The van der Waals surface area contributed by atoms with Crippen LogP contribution in [0.4, 0.5) is 11.4 Å². The van der Waals surface area contributed by atoms with E-state index in [1.54, 1.807) is 0 Å². The lowest BCUT2D eigenvalue weighted by atomic mass is 10.1. The molecule has 0 fully saturated rings. The summed E-state index contributed by atoms with van der Waals surface area (Å²) in [5.41, 5.74) is 5.10. The number of fused-ring (bicyclic) bond motifs is 1. The molecule has 0 saturated carbocycles. The van der Waals surface area contributed by atoms with E-state index in [2.05, 4.69) is 38.4 Å². The van der Waals surface area contributed by atoms with Gasteiger partial charge in [0.1, 0.15) is 5.71 Å². The quantitative estimate of drug-likeness (QED) is 0.656. The van der Waals surface area contributed by atoms with Crippen LogP contribution in [0.15, 0.2) is 82.3 Å². The second kappa shape index (κ2) is 6.06. The Labute approximate surface area is 148 Å². The van der Waals surface area contributed by atoms with Gasteiger partial charge in [0.05, 0.1) is 11.4 Å². The van der Waals surface area contributed by atoms with Crippen LogP contribution in [-0.2, 0) is 4.79 Å². The fraction of sp³-hybridized carbons (Fsp3) is 0. The predicted octanol–water partition coefficient (Wildman–Crippen LogP) is 5.19. The molecule has 24 heavy (non-hydrogen) atoms. The molecular formula is C20H13BrN2O. The van der Waals surface area contributed by atoms with E-state index in [0.29, 0.717) is 5.71 Å². The summed E-state index contributed by atoms with van der Waals surface area (Å²) < 4.78 is 0.921. The topological polar surface area (TPSA) is 41.5 Å². The molecule has 116 valence electrons. The highest BCUT2D eigenvalue weighted by Gasteiger charge is 2.25. The van der Waals surface area contributed by atoms with Crippen LogP contribution in [0.3, 0.4) is 0 Å². The number of anilines is 1. The SMILES string of the molecule is O=C1Nc2ccc(Br)cc2C1=Nc1ccc(-c2ccccc2)cc1. The summed E-state index contributed by atoms with van der Waals surface area (Å²) in [6.45, 7) is 0. The molecule has 0 atom stereocenters. The number of rotatable bonds is 2. The van der Waals surface area contributed by atoms with E-state index in [0.717, 1.165) is 32.5 Å². The maximum absolute atomic E-state index is 12.2. The van der Waals surface area contributed by atoms with Gasteiger partial charge in [0.2, 0.25) is 0 Å². The molecule has 4 heteroatoms. The third kappa shape index (κ3) is 2.76. The van der Waals surface area contributed by atoms with Crippen molar-refractivity contribution >= 4 is 38.9 Å². The Morgan fingerprint density at radius 2 is 1.54 bits per heavy atom. The average Bonchev–Trinajstić information content (AvgIpc) is 2.92. The van der Waals surface area contributed by atoms with Crippen LogP contribution >= 0.6 is 15.9 Å². The van der Waals surface area contributed by atoms with E-state index in [9.17, 15) is 4.79 Å². The van der Waals surface area contributed by atoms with Crippen molar-refractivity contribution < 1.29 is 4.79 Å². The normalized spacial score (nSPS) is 14.5. The molecule has 1 aliphatic heterocycles. The number of amides is 1. The van der Waals surface area contributed by atoms with Crippen LogP contribution < -0.4 is 5.32 Å². The van der Waals surface area contributed by atoms with E-state index in [-0.39, 0.29) is 5.91 Å². The number of carbonyl (C=O) groups excluding carboxylic acids is 1. The number of hydrogen-bond acceptors (Lipinski definition) is 2. The lowest BCUT2D eigenvalue weighted by Gasteiger charge is -2.03. The lowest BCUT2D eigenvalue weighted by molar-refractivity contribution is -0.110. The minimum Gasteiger partial charge on any atom is -0.320 e. The predicted molar refractivity (Wildman–Crippen MR) is 101 cm³/mol. The van der Waals surface area contributed by atoms with E-state index >= 15 is 0 Å². The van der Waals surface area contributed by atoms with Gasteiger partial charge >= 0.3 is 0 Å².